The molecule has 2 N–H and O–H groups in total. The maximum atomic E-state index is 5.53. The van der Waals surface area contributed by atoms with E-state index in [0.717, 1.165) is 89.0 Å². The van der Waals surface area contributed by atoms with Crippen molar-refractivity contribution in [1.29, 1.82) is 0 Å². The maximum absolute atomic E-state index is 5.53. The molecule has 2 aromatic carbocycles. The van der Waals surface area contributed by atoms with Crippen LogP contribution in [0.25, 0.3) is 32.6 Å². The van der Waals surface area contributed by atoms with Crippen molar-refractivity contribution in [1.82, 2.24) is 19.8 Å². The van der Waals surface area contributed by atoms with Crippen molar-refractivity contribution in [3.05, 3.63) is 42.5 Å². The third kappa shape index (κ3) is 5.32. The Balaban J connectivity index is 1.82. The Labute approximate surface area is 202 Å². The Morgan fingerprint density at radius 1 is 0.706 bits per heavy atom. The highest BCUT2D eigenvalue weighted by atomic mass is 16.5. The van der Waals surface area contributed by atoms with Crippen molar-refractivity contribution in [2.75, 3.05) is 72.1 Å². The number of fused-ring (bicyclic) bond motifs is 5. The average molecular weight is 461 g/mol. The number of nitrogens with one attached hydrogen (secondary N) is 2. The van der Waals surface area contributed by atoms with Gasteiger partial charge in [0.05, 0.1) is 18.1 Å². The molecule has 180 valence electrons. The van der Waals surface area contributed by atoms with Crippen LogP contribution < -0.4 is 15.4 Å². The highest BCUT2D eigenvalue weighted by Gasteiger charge is 2.16. The molecule has 0 aliphatic carbocycles. The topological polar surface area (TPSA) is 65.6 Å². The molecule has 0 saturated carbocycles. The average Bonchev–Trinajstić information content (AvgIpc) is 2.84. The second-order valence-corrected chi connectivity index (χ2v) is 9.24. The molecule has 0 fully saturated rings. The van der Waals surface area contributed by atoms with Crippen LogP contribution in [0, 0.1) is 0 Å². The molecule has 2 heterocycles. The van der Waals surface area contributed by atoms with Crippen LogP contribution in [0.3, 0.4) is 0 Å². The first-order valence-corrected chi connectivity index (χ1v) is 12.0. The van der Waals surface area contributed by atoms with Crippen molar-refractivity contribution >= 4 is 44.2 Å². The first-order chi connectivity index (χ1) is 16.5. The standard InChI is InChI=1S/C27H36N6O/c1-32(2)16-8-14-28-26-22-11-7-6-10-20(22)24-25(30-26)21-13-12-19(34-5)18-23(21)27(31-24)29-15-9-17-33(3)4/h6-7,10-13,18H,8-9,14-17H2,1-5H3,(H,28,30)(H,29,31). The number of ether oxygens (including phenoxy) is 1. The van der Waals surface area contributed by atoms with Crippen molar-refractivity contribution in [3.63, 3.8) is 0 Å². The molecule has 0 aliphatic heterocycles. The Morgan fingerprint density at radius 2 is 1.24 bits per heavy atom. The van der Waals surface area contributed by atoms with Gasteiger partial charge in [0.2, 0.25) is 0 Å². The Kier molecular flexibility index (Phi) is 7.65. The van der Waals surface area contributed by atoms with Crippen LogP contribution in [-0.2, 0) is 0 Å². The van der Waals surface area contributed by atoms with Crippen molar-refractivity contribution in [3.8, 4) is 5.75 Å². The third-order valence-corrected chi connectivity index (χ3v) is 5.99. The van der Waals surface area contributed by atoms with Gasteiger partial charge in [0, 0.05) is 34.6 Å². The molecule has 0 unspecified atom stereocenters. The number of aromatic nitrogens is 2. The lowest BCUT2D eigenvalue weighted by Gasteiger charge is -2.17. The van der Waals surface area contributed by atoms with E-state index in [2.05, 4.69) is 85.0 Å². The first kappa shape index (κ1) is 24.0. The fourth-order valence-corrected chi connectivity index (χ4v) is 4.25. The number of anilines is 2. The highest BCUT2D eigenvalue weighted by Crippen LogP contribution is 2.36. The second-order valence-electron chi connectivity index (χ2n) is 9.24. The van der Waals surface area contributed by atoms with E-state index in [1.165, 1.54) is 0 Å². The van der Waals surface area contributed by atoms with Gasteiger partial charge in [-0.3, -0.25) is 0 Å². The van der Waals surface area contributed by atoms with Gasteiger partial charge in [-0.15, -0.1) is 0 Å². The van der Waals surface area contributed by atoms with Crippen molar-refractivity contribution < 1.29 is 4.74 Å². The van der Waals surface area contributed by atoms with Gasteiger partial charge >= 0.3 is 0 Å². The van der Waals surface area contributed by atoms with Gasteiger partial charge in [0.1, 0.15) is 17.4 Å². The van der Waals surface area contributed by atoms with E-state index in [1.54, 1.807) is 7.11 Å². The Morgan fingerprint density at radius 3 is 1.79 bits per heavy atom. The van der Waals surface area contributed by atoms with Crippen LogP contribution in [0.2, 0.25) is 0 Å². The van der Waals surface area contributed by atoms with Crippen LogP contribution in [-0.4, -0.2) is 81.2 Å². The van der Waals surface area contributed by atoms with Crippen LogP contribution >= 0.6 is 0 Å². The van der Waals surface area contributed by atoms with Gasteiger partial charge in [-0.1, -0.05) is 24.3 Å². The monoisotopic (exact) mass is 460 g/mol. The molecule has 0 radical (unpaired) electrons. The summed E-state index contributed by atoms with van der Waals surface area (Å²) in [5.74, 6) is 2.60. The lowest BCUT2D eigenvalue weighted by molar-refractivity contribution is 0.405. The predicted molar refractivity (Wildman–Crippen MR) is 144 cm³/mol. The lowest BCUT2D eigenvalue weighted by atomic mass is 10.0. The summed E-state index contributed by atoms with van der Waals surface area (Å²) in [5, 5.41) is 11.5. The van der Waals surface area contributed by atoms with Crippen LogP contribution in [0.4, 0.5) is 11.6 Å². The molecule has 0 atom stereocenters. The van der Waals surface area contributed by atoms with E-state index < -0.39 is 0 Å². The highest BCUT2D eigenvalue weighted by molar-refractivity contribution is 6.18. The number of rotatable bonds is 11. The van der Waals surface area contributed by atoms with Crippen LogP contribution in [0.1, 0.15) is 12.8 Å². The number of methoxy groups -OCH3 is 1. The van der Waals surface area contributed by atoms with E-state index in [4.69, 9.17) is 14.7 Å². The Bertz CT molecular complexity index is 1270. The zero-order chi connectivity index (χ0) is 24.1. The zero-order valence-electron chi connectivity index (χ0n) is 21.0. The fourth-order valence-electron chi connectivity index (χ4n) is 4.25. The lowest BCUT2D eigenvalue weighted by Crippen LogP contribution is -2.17. The SMILES string of the molecule is COc1ccc2c(c1)c(NCCCN(C)C)nc1c3ccccc3c(NCCCN(C)C)nc21. The number of hydrogen-bond donors (Lipinski definition) is 2. The molecular formula is C27H36N6O. The smallest absolute Gasteiger partial charge is 0.134 e. The molecule has 0 bridgehead atoms. The van der Waals surface area contributed by atoms with Crippen molar-refractivity contribution in [2.24, 2.45) is 0 Å². The summed E-state index contributed by atoms with van der Waals surface area (Å²) < 4.78 is 5.53. The van der Waals surface area contributed by atoms with Gasteiger partial charge in [0.15, 0.2) is 0 Å². The first-order valence-electron chi connectivity index (χ1n) is 12.0. The van der Waals surface area contributed by atoms with Gasteiger partial charge in [0.25, 0.3) is 0 Å². The van der Waals surface area contributed by atoms with Crippen LogP contribution in [0.15, 0.2) is 42.5 Å². The molecule has 0 spiro atoms. The number of benzene rings is 2. The molecule has 0 amide bonds. The summed E-state index contributed by atoms with van der Waals surface area (Å²) in [6.45, 7) is 3.77. The number of hydrogen-bond acceptors (Lipinski definition) is 7. The fraction of sp³-hybridized carbons (Fsp3) is 0.407. The summed E-state index contributed by atoms with van der Waals surface area (Å²) in [6.07, 6.45) is 2.08. The molecule has 4 aromatic rings. The van der Waals surface area contributed by atoms with Crippen LogP contribution in [0.5, 0.6) is 5.75 Å². The van der Waals surface area contributed by atoms with Gasteiger partial charge < -0.3 is 25.2 Å². The van der Waals surface area contributed by atoms with Gasteiger partial charge in [-0.2, -0.15) is 0 Å². The molecular weight excluding hydrogens is 424 g/mol. The minimum absolute atomic E-state index is 0.813. The number of nitrogens with zero attached hydrogens (tertiary/aromatic N) is 4. The van der Waals surface area contributed by atoms with E-state index in [-0.39, 0.29) is 0 Å². The van der Waals surface area contributed by atoms with E-state index in [1.807, 2.05) is 6.07 Å². The zero-order valence-corrected chi connectivity index (χ0v) is 21.0. The van der Waals surface area contributed by atoms with Gasteiger partial charge in [-0.05, 0) is 72.3 Å². The van der Waals surface area contributed by atoms with Gasteiger partial charge in [-0.25, -0.2) is 9.97 Å². The molecule has 4 rings (SSSR count). The third-order valence-electron chi connectivity index (χ3n) is 5.99. The quantitative estimate of drug-likeness (QED) is 0.249. The molecule has 7 nitrogen and oxygen atoms in total. The molecule has 34 heavy (non-hydrogen) atoms. The maximum Gasteiger partial charge on any atom is 0.134 e. The minimum atomic E-state index is 0.813. The van der Waals surface area contributed by atoms with E-state index in [9.17, 15) is 0 Å². The van der Waals surface area contributed by atoms with E-state index in [0.29, 0.717) is 0 Å². The summed E-state index contributed by atoms with van der Waals surface area (Å²) in [4.78, 5) is 14.6. The predicted octanol–water partition coefficient (Wildman–Crippen LogP) is 4.67. The molecule has 0 aliphatic rings. The number of pyridine rings is 2. The second kappa shape index (κ2) is 10.8. The largest absolute Gasteiger partial charge is 0.497 e. The molecule has 7 heteroatoms. The van der Waals surface area contributed by atoms with Crippen molar-refractivity contribution in [2.45, 2.75) is 12.8 Å². The van der Waals surface area contributed by atoms with E-state index >= 15 is 0 Å². The normalized spacial score (nSPS) is 11.7. The summed E-state index contributed by atoms with van der Waals surface area (Å²) >= 11 is 0. The molecule has 0 saturated heterocycles. The summed E-state index contributed by atoms with van der Waals surface area (Å²) in [7, 11) is 10.1. The summed E-state index contributed by atoms with van der Waals surface area (Å²) in [5.41, 5.74) is 1.83. The Hall–Kier alpha value is -3.16. The molecule has 2 aromatic heterocycles. The minimum Gasteiger partial charge on any atom is -0.497 e. The summed E-state index contributed by atoms with van der Waals surface area (Å²) in [6, 6.07) is 14.5.